The first-order valence-corrected chi connectivity index (χ1v) is 14.0. The normalized spacial score (nSPS) is 10.8. The lowest BCUT2D eigenvalue weighted by Crippen LogP contribution is -2.32. The van der Waals surface area contributed by atoms with Crippen LogP contribution in [0.2, 0.25) is 0 Å². The number of carbonyl (C=O) groups excluding carboxylic acids is 1. The van der Waals surface area contributed by atoms with E-state index in [-0.39, 0.29) is 38.7 Å². The van der Waals surface area contributed by atoms with Crippen LogP contribution in [0, 0.1) is 0 Å². The summed E-state index contributed by atoms with van der Waals surface area (Å²) in [5.74, 6) is -0.886. The zero-order chi connectivity index (χ0) is 26.4. The molecule has 0 radical (unpaired) electrons. The second-order valence-electron chi connectivity index (χ2n) is 9.21. The fourth-order valence-electron chi connectivity index (χ4n) is 3.81. The Morgan fingerprint density at radius 2 is 0.971 bits per heavy atom. The van der Waals surface area contributed by atoms with Crippen molar-refractivity contribution in [3.05, 3.63) is 0 Å². The van der Waals surface area contributed by atoms with Crippen LogP contribution < -0.4 is 5.32 Å². The van der Waals surface area contributed by atoms with E-state index < -0.39 is 5.97 Å². The molecule has 0 spiro atoms. The molecule has 0 heterocycles. The van der Waals surface area contributed by atoms with Gasteiger partial charge in [-0.1, -0.05) is 96.8 Å². The lowest BCUT2D eigenvalue weighted by Gasteiger charge is -2.17. The van der Waals surface area contributed by atoms with Gasteiger partial charge in [0.1, 0.15) is 0 Å². The molecule has 35 heavy (non-hydrogen) atoms. The molecule has 0 aliphatic carbocycles. The van der Waals surface area contributed by atoms with Gasteiger partial charge in [-0.25, -0.2) is 0 Å². The molecule has 1 amide bonds. The Balaban J connectivity index is 0. The molecule has 0 aromatic heterocycles. The molecule has 0 aromatic rings. The first-order chi connectivity index (χ1) is 17.0. The lowest BCUT2D eigenvalue weighted by molar-refractivity contribution is -0.136. The number of aliphatic carboxylic acids is 1. The highest BCUT2D eigenvalue weighted by atomic mass is 16.4. The van der Waals surface area contributed by atoms with Crippen LogP contribution in [0.4, 0.5) is 0 Å². The molecule has 0 bridgehead atoms. The largest absolute Gasteiger partial charge is 0.481 e. The van der Waals surface area contributed by atoms with E-state index in [9.17, 15) is 9.59 Å². The number of rotatable bonds is 25. The van der Waals surface area contributed by atoms with Crippen molar-refractivity contribution in [1.82, 2.24) is 10.2 Å². The predicted octanol–water partition coefficient (Wildman–Crippen LogP) is 4.10. The van der Waals surface area contributed by atoms with Crippen LogP contribution in [0.5, 0.6) is 0 Å². The van der Waals surface area contributed by atoms with Crippen molar-refractivity contribution in [2.45, 2.75) is 116 Å². The van der Waals surface area contributed by atoms with E-state index in [1.807, 2.05) is 0 Å². The van der Waals surface area contributed by atoms with Gasteiger partial charge in [-0.2, -0.15) is 0 Å². The number of nitrogens with zero attached hydrogens (tertiary/aromatic N) is 1. The van der Waals surface area contributed by atoms with E-state index in [4.69, 9.17) is 20.4 Å². The van der Waals surface area contributed by atoms with Crippen LogP contribution in [-0.4, -0.2) is 83.2 Å². The van der Waals surface area contributed by atoms with Gasteiger partial charge in [0.25, 0.3) is 0 Å². The Kier molecular flexibility index (Phi) is 31.6. The van der Waals surface area contributed by atoms with Crippen molar-refractivity contribution in [2.24, 2.45) is 0 Å². The van der Waals surface area contributed by atoms with Crippen molar-refractivity contribution in [1.29, 1.82) is 0 Å². The topological polar surface area (TPSA) is 130 Å². The van der Waals surface area contributed by atoms with E-state index in [2.05, 4.69) is 12.2 Å². The molecule has 0 rings (SSSR count). The van der Waals surface area contributed by atoms with Gasteiger partial charge in [0.2, 0.25) is 5.91 Å². The quantitative estimate of drug-likeness (QED) is 0.118. The number of unbranched alkanes of at least 4 members (excludes halogenated alkanes) is 14. The minimum atomic E-state index is -0.868. The van der Waals surface area contributed by atoms with E-state index in [1.165, 1.54) is 83.5 Å². The second kappa shape index (κ2) is 30.8. The maximum absolute atomic E-state index is 11.5. The third-order valence-electron chi connectivity index (χ3n) is 5.92. The predicted molar refractivity (Wildman–Crippen MR) is 143 cm³/mol. The van der Waals surface area contributed by atoms with Gasteiger partial charge in [0, 0.05) is 32.6 Å². The Bertz CT molecular complexity index is 437. The minimum Gasteiger partial charge on any atom is -0.481 e. The highest BCUT2D eigenvalue weighted by Gasteiger charge is 2.02. The fourth-order valence-corrected chi connectivity index (χ4v) is 3.81. The first-order valence-electron chi connectivity index (χ1n) is 14.0. The Labute approximate surface area is 214 Å². The Morgan fingerprint density at radius 3 is 1.31 bits per heavy atom. The number of carboxylic acids is 1. The molecule has 210 valence electrons. The summed E-state index contributed by atoms with van der Waals surface area (Å²) in [5, 5.41) is 36.6. The highest BCUT2D eigenvalue weighted by molar-refractivity contribution is 5.76. The molecule has 0 unspecified atom stereocenters. The van der Waals surface area contributed by atoms with Crippen LogP contribution in [0.25, 0.3) is 0 Å². The van der Waals surface area contributed by atoms with E-state index in [1.54, 1.807) is 4.90 Å². The summed E-state index contributed by atoms with van der Waals surface area (Å²) in [5.41, 5.74) is 0. The SMILES string of the molecule is CCCCCCCCCCCCCCCCCC(=O)NCCC(=O)O.OCCN(CCO)CCO. The third-order valence-corrected chi connectivity index (χ3v) is 5.92. The maximum atomic E-state index is 11.5. The highest BCUT2D eigenvalue weighted by Crippen LogP contribution is 2.13. The lowest BCUT2D eigenvalue weighted by atomic mass is 10.0. The monoisotopic (exact) mass is 504 g/mol. The van der Waals surface area contributed by atoms with Gasteiger partial charge < -0.3 is 25.7 Å². The summed E-state index contributed by atoms with van der Waals surface area (Å²) in [7, 11) is 0. The van der Waals surface area contributed by atoms with Gasteiger partial charge in [-0.15, -0.1) is 0 Å². The Hall–Kier alpha value is -1.22. The summed E-state index contributed by atoms with van der Waals surface area (Å²) in [6, 6.07) is 0. The molecular formula is C27H56N2O6. The molecule has 0 fully saturated rings. The van der Waals surface area contributed by atoms with Gasteiger partial charge in [-0.05, 0) is 6.42 Å². The van der Waals surface area contributed by atoms with E-state index in [0.717, 1.165) is 12.8 Å². The second-order valence-corrected chi connectivity index (χ2v) is 9.21. The van der Waals surface area contributed by atoms with Crippen LogP contribution in [0.3, 0.4) is 0 Å². The van der Waals surface area contributed by atoms with Gasteiger partial charge in [-0.3, -0.25) is 14.5 Å². The smallest absolute Gasteiger partial charge is 0.305 e. The van der Waals surface area contributed by atoms with Crippen LogP contribution in [0.1, 0.15) is 116 Å². The van der Waals surface area contributed by atoms with Gasteiger partial charge >= 0.3 is 5.97 Å². The molecular weight excluding hydrogens is 448 g/mol. The molecule has 0 aliphatic heterocycles. The molecule has 0 aliphatic rings. The number of nitrogens with one attached hydrogen (secondary N) is 1. The summed E-state index contributed by atoms with van der Waals surface area (Å²) in [4.78, 5) is 23.6. The molecule has 0 atom stereocenters. The number of hydrogen-bond donors (Lipinski definition) is 5. The standard InChI is InChI=1S/C21H41NO3.C6H15NO3/c1-2-3-4-5-6-7-8-9-10-11-12-13-14-15-16-17-20(23)22-19-18-21(24)25;8-4-1-7(2-5-9)3-6-10/h2-19H2,1H3,(H,22,23)(H,24,25);8-10H,1-6H2. The van der Waals surface area contributed by atoms with Crippen molar-refractivity contribution >= 4 is 11.9 Å². The van der Waals surface area contributed by atoms with E-state index >= 15 is 0 Å². The van der Waals surface area contributed by atoms with Crippen LogP contribution >= 0.6 is 0 Å². The van der Waals surface area contributed by atoms with Crippen molar-refractivity contribution in [2.75, 3.05) is 46.0 Å². The summed E-state index contributed by atoms with van der Waals surface area (Å²) < 4.78 is 0. The van der Waals surface area contributed by atoms with Crippen molar-refractivity contribution < 1.29 is 30.0 Å². The zero-order valence-corrected chi connectivity index (χ0v) is 22.5. The van der Waals surface area contributed by atoms with Crippen molar-refractivity contribution in [3.63, 3.8) is 0 Å². The molecule has 0 aromatic carbocycles. The molecule has 8 nitrogen and oxygen atoms in total. The number of carboxylic acid groups (broad SMARTS) is 1. The Morgan fingerprint density at radius 1 is 0.600 bits per heavy atom. The molecule has 0 saturated carbocycles. The number of aliphatic hydroxyl groups excluding tert-OH is 3. The van der Waals surface area contributed by atoms with Crippen LogP contribution in [-0.2, 0) is 9.59 Å². The maximum Gasteiger partial charge on any atom is 0.305 e. The molecule has 0 saturated heterocycles. The summed E-state index contributed by atoms with van der Waals surface area (Å²) in [6.45, 7) is 4.26. The number of amides is 1. The number of aliphatic hydroxyl groups is 3. The molecule has 8 heteroatoms. The number of hydrogen-bond acceptors (Lipinski definition) is 6. The van der Waals surface area contributed by atoms with Gasteiger partial charge in [0.15, 0.2) is 0 Å². The summed E-state index contributed by atoms with van der Waals surface area (Å²) >= 11 is 0. The average molecular weight is 505 g/mol. The summed E-state index contributed by atoms with van der Waals surface area (Å²) in [6.07, 6.45) is 20.3. The minimum absolute atomic E-state index is 0.00456. The average Bonchev–Trinajstić information content (AvgIpc) is 2.82. The molecule has 5 N–H and O–H groups in total. The first kappa shape index (κ1) is 35.9. The van der Waals surface area contributed by atoms with Crippen molar-refractivity contribution in [3.8, 4) is 0 Å². The van der Waals surface area contributed by atoms with E-state index in [0.29, 0.717) is 26.1 Å². The van der Waals surface area contributed by atoms with Gasteiger partial charge in [0.05, 0.1) is 26.2 Å². The fraction of sp³-hybridized carbons (Fsp3) is 0.926. The van der Waals surface area contributed by atoms with Crippen LogP contribution in [0.15, 0.2) is 0 Å². The zero-order valence-electron chi connectivity index (χ0n) is 22.5. The number of carbonyl (C=O) groups is 2. The third kappa shape index (κ3) is 32.8.